The summed E-state index contributed by atoms with van der Waals surface area (Å²) in [5, 5.41) is 14.0. The Labute approximate surface area is 146 Å². The molecule has 3 amide bonds. The molecule has 8 heteroatoms. The Morgan fingerprint density at radius 3 is 2.72 bits per heavy atom. The molecule has 1 aliphatic heterocycles. The molecule has 0 bridgehead atoms. The molecule has 0 aliphatic carbocycles. The predicted molar refractivity (Wildman–Crippen MR) is 91.2 cm³/mol. The number of aliphatic carboxylic acids is 1. The molecule has 3 N–H and O–H groups in total. The van der Waals surface area contributed by atoms with Gasteiger partial charge in [-0.2, -0.15) is 0 Å². The van der Waals surface area contributed by atoms with E-state index in [-0.39, 0.29) is 37.6 Å². The molecule has 1 atom stereocenters. The lowest BCUT2D eigenvalue weighted by Crippen LogP contribution is -2.47. The molecule has 8 nitrogen and oxygen atoms in total. The zero-order valence-corrected chi connectivity index (χ0v) is 13.9. The molecule has 1 aliphatic rings. The zero-order valence-electron chi connectivity index (χ0n) is 13.9. The van der Waals surface area contributed by atoms with Gasteiger partial charge in [-0.3, -0.25) is 4.79 Å². The van der Waals surface area contributed by atoms with Crippen molar-refractivity contribution >= 4 is 23.6 Å². The molecule has 1 saturated heterocycles. The number of hydrogen-bond donors (Lipinski definition) is 3. The van der Waals surface area contributed by atoms with Crippen LogP contribution in [-0.4, -0.2) is 60.8 Å². The minimum Gasteiger partial charge on any atom is -0.480 e. The number of piperidine rings is 1. The molecule has 25 heavy (non-hydrogen) atoms. The summed E-state index contributed by atoms with van der Waals surface area (Å²) in [5.74, 6) is -1.45. The van der Waals surface area contributed by atoms with Crippen LogP contribution in [0.3, 0.4) is 0 Å². The van der Waals surface area contributed by atoms with E-state index in [1.807, 2.05) is 30.3 Å². The average Bonchev–Trinajstić information content (AvgIpc) is 2.62. The number of rotatable bonds is 7. The lowest BCUT2D eigenvalue weighted by Gasteiger charge is -2.32. The quantitative estimate of drug-likeness (QED) is 0.640. The minimum absolute atomic E-state index is 0.142. The molecule has 0 spiro atoms. The van der Waals surface area contributed by atoms with Crippen LogP contribution in [0, 0.1) is 5.92 Å². The number of hydrogen-bond acceptors (Lipinski definition) is 4. The number of nitrogens with zero attached hydrogens (tertiary/aromatic N) is 1. The van der Waals surface area contributed by atoms with Crippen molar-refractivity contribution in [3.05, 3.63) is 30.3 Å². The van der Waals surface area contributed by atoms with Crippen LogP contribution in [0.15, 0.2) is 30.3 Å². The van der Waals surface area contributed by atoms with Gasteiger partial charge >= 0.3 is 12.0 Å². The third kappa shape index (κ3) is 6.42. The highest BCUT2D eigenvalue weighted by Crippen LogP contribution is 2.18. The number of carbonyl (C=O) groups excluding carboxylic acids is 2. The van der Waals surface area contributed by atoms with Gasteiger partial charge < -0.3 is 25.4 Å². The fourth-order valence-electron chi connectivity index (χ4n) is 2.65. The Morgan fingerprint density at radius 2 is 2.00 bits per heavy atom. The Hall–Kier alpha value is -2.61. The maximum absolute atomic E-state index is 12.3. The van der Waals surface area contributed by atoms with E-state index in [1.165, 1.54) is 0 Å². The van der Waals surface area contributed by atoms with Crippen LogP contribution in [0.4, 0.5) is 10.5 Å². The summed E-state index contributed by atoms with van der Waals surface area (Å²) in [4.78, 5) is 36.4. The van der Waals surface area contributed by atoms with Crippen LogP contribution in [0.1, 0.15) is 12.8 Å². The topological polar surface area (TPSA) is 108 Å². The smallest absolute Gasteiger partial charge is 0.329 e. The van der Waals surface area contributed by atoms with Crippen molar-refractivity contribution in [1.82, 2.24) is 10.2 Å². The monoisotopic (exact) mass is 349 g/mol. The highest BCUT2D eigenvalue weighted by atomic mass is 16.5. The van der Waals surface area contributed by atoms with Gasteiger partial charge in [-0.15, -0.1) is 0 Å². The number of likely N-dealkylation sites (tertiary alicyclic amines) is 1. The number of para-hydroxylation sites is 1. The van der Waals surface area contributed by atoms with Crippen LogP contribution in [0.5, 0.6) is 0 Å². The molecule has 1 aromatic carbocycles. The summed E-state index contributed by atoms with van der Waals surface area (Å²) < 4.78 is 4.87. The van der Waals surface area contributed by atoms with Crippen LogP contribution in [0.25, 0.3) is 0 Å². The van der Waals surface area contributed by atoms with Crippen molar-refractivity contribution in [2.24, 2.45) is 5.92 Å². The minimum atomic E-state index is -1.04. The van der Waals surface area contributed by atoms with Crippen molar-refractivity contribution in [2.45, 2.75) is 12.8 Å². The zero-order chi connectivity index (χ0) is 18.1. The number of urea groups is 1. The average molecular weight is 349 g/mol. The Kier molecular flexibility index (Phi) is 7.21. The third-order valence-electron chi connectivity index (χ3n) is 3.88. The van der Waals surface area contributed by atoms with Crippen molar-refractivity contribution in [3.8, 4) is 0 Å². The lowest BCUT2D eigenvalue weighted by atomic mass is 9.97. The fourth-order valence-corrected chi connectivity index (χ4v) is 2.65. The van der Waals surface area contributed by atoms with Gasteiger partial charge in [-0.25, -0.2) is 9.59 Å². The largest absolute Gasteiger partial charge is 0.480 e. The van der Waals surface area contributed by atoms with Gasteiger partial charge in [0.05, 0.1) is 12.5 Å². The number of carboxylic acid groups (broad SMARTS) is 1. The summed E-state index contributed by atoms with van der Waals surface area (Å²) in [5.41, 5.74) is 0.717. The summed E-state index contributed by atoms with van der Waals surface area (Å²) in [6, 6.07) is 8.96. The molecule has 136 valence electrons. The number of nitrogens with one attached hydrogen (secondary N) is 2. The molecule has 1 aromatic rings. The van der Waals surface area contributed by atoms with E-state index < -0.39 is 5.97 Å². The highest BCUT2D eigenvalue weighted by Gasteiger charge is 2.28. The first-order valence-corrected chi connectivity index (χ1v) is 8.24. The van der Waals surface area contributed by atoms with Gasteiger partial charge in [0.25, 0.3) is 0 Å². The van der Waals surface area contributed by atoms with Gasteiger partial charge in [-0.1, -0.05) is 18.2 Å². The second-order valence-electron chi connectivity index (χ2n) is 5.82. The van der Waals surface area contributed by atoms with Crippen molar-refractivity contribution in [1.29, 1.82) is 0 Å². The van der Waals surface area contributed by atoms with Gasteiger partial charge in [-0.05, 0) is 25.0 Å². The highest BCUT2D eigenvalue weighted by molar-refractivity contribution is 5.90. The summed E-state index contributed by atoms with van der Waals surface area (Å²) in [7, 11) is 0. The van der Waals surface area contributed by atoms with Crippen molar-refractivity contribution in [2.75, 3.05) is 38.2 Å². The fraction of sp³-hybridized carbons (Fsp3) is 0.471. The Bertz CT molecular complexity index is 593. The molecule has 2 rings (SSSR count). The van der Waals surface area contributed by atoms with Gasteiger partial charge in [0.2, 0.25) is 5.91 Å². The molecular formula is C17H23N3O5. The Balaban J connectivity index is 1.74. The van der Waals surface area contributed by atoms with Gasteiger partial charge in [0, 0.05) is 25.3 Å². The maximum atomic E-state index is 12.3. The summed E-state index contributed by atoms with van der Waals surface area (Å²) in [6.45, 7) is 0.985. The first-order valence-electron chi connectivity index (χ1n) is 8.24. The first-order chi connectivity index (χ1) is 12.1. The van der Waals surface area contributed by atoms with E-state index in [0.717, 1.165) is 18.5 Å². The number of amides is 3. The predicted octanol–water partition coefficient (Wildman–Crippen LogP) is 1.15. The van der Waals surface area contributed by atoms with Crippen molar-refractivity contribution < 1.29 is 24.2 Å². The normalized spacial score (nSPS) is 17.0. The lowest BCUT2D eigenvalue weighted by molar-refractivity contribution is -0.142. The maximum Gasteiger partial charge on any atom is 0.329 e. The number of benzene rings is 1. The molecule has 1 unspecified atom stereocenters. The molecule has 0 aromatic heterocycles. The van der Waals surface area contributed by atoms with E-state index in [1.54, 1.807) is 4.90 Å². The van der Waals surface area contributed by atoms with Crippen LogP contribution >= 0.6 is 0 Å². The number of anilines is 1. The standard InChI is InChI=1S/C17H23N3O5/c21-15(22)12-25-10-8-18-16(23)13-5-4-9-20(11-13)17(24)19-14-6-2-1-3-7-14/h1-3,6-7,13H,4-5,8-12H2,(H,18,23)(H,19,24)(H,21,22). The number of ether oxygens (including phenoxy) is 1. The summed E-state index contributed by atoms with van der Waals surface area (Å²) in [6.07, 6.45) is 1.48. The second-order valence-corrected chi connectivity index (χ2v) is 5.82. The number of carboxylic acids is 1. The number of carbonyl (C=O) groups is 3. The second kappa shape index (κ2) is 9.63. The molecule has 0 saturated carbocycles. The molecule has 1 heterocycles. The van der Waals surface area contributed by atoms with Crippen molar-refractivity contribution in [3.63, 3.8) is 0 Å². The van der Waals surface area contributed by atoms with E-state index in [4.69, 9.17) is 9.84 Å². The van der Waals surface area contributed by atoms with Gasteiger partial charge in [0.15, 0.2) is 0 Å². The van der Waals surface area contributed by atoms with Crippen LogP contribution in [-0.2, 0) is 14.3 Å². The van der Waals surface area contributed by atoms with Crippen LogP contribution in [0.2, 0.25) is 0 Å². The van der Waals surface area contributed by atoms with E-state index in [2.05, 4.69) is 10.6 Å². The Morgan fingerprint density at radius 1 is 1.24 bits per heavy atom. The van der Waals surface area contributed by atoms with E-state index in [9.17, 15) is 14.4 Å². The third-order valence-corrected chi connectivity index (χ3v) is 3.88. The molecule has 0 radical (unpaired) electrons. The SMILES string of the molecule is O=C(O)COCCNC(=O)C1CCCN(C(=O)Nc2ccccc2)C1. The first kappa shape index (κ1) is 18.7. The molecular weight excluding hydrogens is 326 g/mol. The van der Waals surface area contributed by atoms with Crippen LogP contribution < -0.4 is 10.6 Å². The van der Waals surface area contributed by atoms with E-state index in [0.29, 0.717) is 13.1 Å². The summed E-state index contributed by atoms with van der Waals surface area (Å²) >= 11 is 0. The molecule has 1 fully saturated rings. The van der Waals surface area contributed by atoms with Gasteiger partial charge in [0.1, 0.15) is 6.61 Å². The van der Waals surface area contributed by atoms with E-state index >= 15 is 0 Å².